The van der Waals surface area contributed by atoms with E-state index in [1.807, 2.05) is 13.1 Å². The van der Waals surface area contributed by atoms with Gasteiger partial charge in [0.2, 0.25) is 0 Å². The molecule has 0 spiro atoms. The lowest BCUT2D eigenvalue weighted by Gasteiger charge is -2.06. The molecule has 0 saturated carbocycles. The van der Waals surface area contributed by atoms with E-state index in [1.165, 1.54) is 18.2 Å². The lowest BCUT2D eigenvalue weighted by atomic mass is 10.1. The average molecular weight is 470 g/mol. The normalized spacial score (nSPS) is 11.0. The first-order chi connectivity index (χ1) is 14.4. The number of carbonyl (C=O) groups excluding carboxylic acids is 1. The van der Waals surface area contributed by atoms with Crippen molar-refractivity contribution in [2.75, 3.05) is 5.32 Å². The highest BCUT2D eigenvalue weighted by atomic mass is 79.9. The van der Waals surface area contributed by atoms with Crippen LogP contribution in [0.25, 0.3) is 17.0 Å². The van der Waals surface area contributed by atoms with Gasteiger partial charge in [-0.25, -0.2) is 9.50 Å². The molecule has 30 heavy (non-hydrogen) atoms. The number of amides is 1. The van der Waals surface area contributed by atoms with Crippen LogP contribution in [0.2, 0.25) is 0 Å². The fourth-order valence-electron chi connectivity index (χ4n) is 3.01. The van der Waals surface area contributed by atoms with E-state index in [1.54, 1.807) is 34.5 Å². The number of non-ortho nitro benzene ring substituents is 1. The van der Waals surface area contributed by atoms with Crippen LogP contribution in [0, 0.1) is 17.0 Å². The van der Waals surface area contributed by atoms with E-state index in [2.05, 4.69) is 36.4 Å². The summed E-state index contributed by atoms with van der Waals surface area (Å²) in [6, 6.07) is 7.59. The number of nitrogens with zero attached hydrogens (tertiary/aromatic N) is 6. The Kier molecular flexibility index (Phi) is 5.04. The van der Waals surface area contributed by atoms with Crippen molar-refractivity contribution in [3.8, 4) is 11.4 Å². The van der Waals surface area contributed by atoms with Gasteiger partial charge in [0.05, 0.1) is 15.1 Å². The molecule has 1 amide bonds. The first-order valence-corrected chi connectivity index (χ1v) is 9.81. The molecule has 4 aromatic rings. The quantitative estimate of drug-likeness (QED) is 0.350. The van der Waals surface area contributed by atoms with Crippen molar-refractivity contribution in [2.45, 2.75) is 20.4 Å². The highest BCUT2D eigenvalue weighted by Crippen LogP contribution is 2.27. The maximum absolute atomic E-state index is 12.7. The number of hydrogen-bond donors (Lipinski definition) is 1. The molecule has 0 fully saturated rings. The Labute approximate surface area is 178 Å². The lowest BCUT2D eigenvalue weighted by Crippen LogP contribution is -2.13. The molecule has 0 unspecified atom stereocenters. The lowest BCUT2D eigenvalue weighted by molar-refractivity contribution is -0.384. The van der Waals surface area contributed by atoms with Crippen LogP contribution in [0.4, 0.5) is 11.4 Å². The largest absolute Gasteiger partial charge is 0.320 e. The molecule has 1 N–H and O–H groups in total. The summed E-state index contributed by atoms with van der Waals surface area (Å²) >= 11 is 3.51. The molecule has 0 aliphatic rings. The Bertz CT molecular complexity index is 1290. The summed E-state index contributed by atoms with van der Waals surface area (Å²) < 4.78 is 4.16. The van der Waals surface area contributed by atoms with E-state index < -0.39 is 10.8 Å². The molecular weight excluding hydrogens is 454 g/mol. The summed E-state index contributed by atoms with van der Waals surface area (Å²) in [6.07, 6.45) is 3.50. The molecule has 3 heterocycles. The molecule has 10 nitrogen and oxygen atoms in total. The minimum absolute atomic E-state index is 0.0378. The molecular formula is C19H16BrN7O3. The van der Waals surface area contributed by atoms with Crippen LogP contribution in [-0.4, -0.2) is 35.2 Å². The predicted octanol–water partition coefficient (Wildman–Crippen LogP) is 3.84. The Balaban J connectivity index is 1.68. The van der Waals surface area contributed by atoms with Gasteiger partial charge in [0, 0.05) is 42.8 Å². The second kappa shape index (κ2) is 7.67. The smallest absolute Gasteiger partial charge is 0.276 e. The van der Waals surface area contributed by atoms with Crippen LogP contribution >= 0.6 is 15.9 Å². The topological polar surface area (TPSA) is 120 Å². The van der Waals surface area contributed by atoms with Crippen LogP contribution in [0.1, 0.15) is 23.0 Å². The summed E-state index contributed by atoms with van der Waals surface area (Å²) in [5.74, 6) is -0.443. The zero-order chi connectivity index (χ0) is 21.4. The van der Waals surface area contributed by atoms with E-state index in [0.717, 1.165) is 4.47 Å². The molecule has 0 atom stereocenters. The maximum Gasteiger partial charge on any atom is 0.276 e. The number of nitrogens with one attached hydrogen (secondary N) is 1. The Morgan fingerprint density at radius 1 is 1.27 bits per heavy atom. The summed E-state index contributed by atoms with van der Waals surface area (Å²) in [7, 11) is 0. The van der Waals surface area contributed by atoms with E-state index in [0.29, 0.717) is 34.8 Å². The Hall–Kier alpha value is -3.60. The first-order valence-electron chi connectivity index (χ1n) is 9.02. The number of aromatic nitrogens is 5. The van der Waals surface area contributed by atoms with Crippen molar-refractivity contribution < 1.29 is 9.72 Å². The molecule has 11 heteroatoms. The van der Waals surface area contributed by atoms with Crippen LogP contribution in [0.5, 0.6) is 0 Å². The standard InChI is InChI=1S/C19H16BrN7O3/c1-3-25-10-13(20)18(24-25)16-6-7-21-17-9-15(23-26(16)17)19(28)22-14-5-4-12(27(29)30)8-11(14)2/h4-10H,3H2,1-2H3,(H,22,28). The monoisotopic (exact) mass is 469 g/mol. The zero-order valence-electron chi connectivity index (χ0n) is 16.0. The van der Waals surface area contributed by atoms with E-state index >= 15 is 0 Å². The minimum atomic E-state index is -0.480. The Morgan fingerprint density at radius 3 is 2.73 bits per heavy atom. The van der Waals surface area contributed by atoms with Crippen LogP contribution in [0.3, 0.4) is 0 Å². The highest BCUT2D eigenvalue weighted by Gasteiger charge is 2.18. The summed E-state index contributed by atoms with van der Waals surface area (Å²) in [5.41, 5.74) is 3.04. The van der Waals surface area contributed by atoms with Crippen LogP contribution in [0.15, 0.2) is 47.2 Å². The third-order valence-electron chi connectivity index (χ3n) is 4.54. The van der Waals surface area contributed by atoms with Crippen LogP contribution in [-0.2, 0) is 6.54 Å². The second-order valence-electron chi connectivity index (χ2n) is 6.52. The third-order valence-corrected chi connectivity index (χ3v) is 5.12. The zero-order valence-corrected chi connectivity index (χ0v) is 17.6. The number of rotatable bonds is 5. The fourth-order valence-corrected chi connectivity index (χ4v) is 3.52. The third kappa shape index (κ3) is 3.54. The number of fused-ring (bicyclic) bond motifs is 1. The van der Waals surface area contributed by atoms with Gasteiger partial charge in [-0.15, -0.1) is 0 Å². The second-order valence-corrected chi connectivity index (χ2v) is 7.38. The molecule has 1 aromatic carbocycles. The predicted molar refractivity (Wildman–Crippen MR) is 113 cm³/mol. The van der Waals surface area contributed by atoms with Gasteiger partial charge in [0.25, 0.3) is 11.6 Å². The highest BCUT2D eigenvalue weighted by molar-refractivity contribution is 9.10. The van der Waals surface area contributed by atoms with Gasteiger partial charge >= 0.3 is 0 Å². The number of benzene rings is 1. The van der Waals surface area contributed by atoms with Crippen molar-refractivity contribution in [1.29, 1.82) is 0 Å². The molecule has 0 bridgehead atoms. The molecule has 3 aromatic heterocycles. The molecule has 0 aliphatic heterocycles. The average Bonchev–Trinajstić information content (AvgIpc) is 3.32. The molecule has 0 aliphatic carbocycles. The Morgan fingerprint density at radius 2 is 2.07 bits per heavy atom. The molecule has 152 valence electrons. The van der Waals surface area contributed by atoms with Gasteiger partial charge in [0.1, 0.15) is 5.69 Å². The van der Waals surface area contributed by atoms with Crippen molar-refractivity contribution in [2.24, 2.45) is 0 Å². The number of hydrogen-bond acceptors (Lipinski definition) is 6. The van der Waals surface area contributed by atoms with Gasteiger partial charge < -0.3 is 5.32 Å². The van der Waals surface area contributed by atoms with Gasteiger partial charge in [-0.1, -0.05) is 0 Å². The first kappa shape index (κ1) is 19.7. The van der Waals surface area contributed by atoms with Gasteiger partial charge in [0.15, 0.2) is 11.3 Å². The van der Waals surface area contributed by atoms with E-state index in [-0.39, 0.29) is 11.4 Å². The number of nitro groups is 1. The number of nitro benzene ring substituents is 1. The summed E-state index contributed by atoms with van der Waals surface area (Å²) in [6.45, 7) is 4.39. The van der Waals surface area contributed by atoms with E-state index in [9.17, 15) is 14.9 Å². The summed E-state index contributed by atoms with van der Waals surface area (Å²) in [5, 5.41) is 22.6. The van der Waals surface area contributed by atoms with Gasteiger partial charge in [-0.05, 0) is 47.5 Å². The molecule has 0 radical (unpaired) electrons. The van der Waals surface area contributed by atoms with Crippen LogP contribution < -0.4 is 5.32 Å². The SMILES string of the molecule is CCn1cc(Br)c(-c2ccnc3cc(C(=O)Nc4ccc([N+](=O)[O-])cc4C)nn23)n1. The number of carbonyl (C=O) groups is 1. The number of anilines is 1. The van der Waals surface area contributed by atoms with Crippen molar-refractivity contribution in [3.63, 3.8) is 0 Å². The van der Waals surface area contributed by atoms with Crippen molar-refractivity contribution >= 4 is 38.9 Å². The van der Waals surface area contributed by atoms with Gasteiger partial charge in [-0.3, -0.25) is 19.6 Å². The van der Waals surface area contributed by atoms with Gasteiger partial charge in [-0.2, -0.15) is 10.2 Å². The fraction of sp³-hybridized carbons (Fsp3) is 0.158. The summed E-state index contributed by atoms with van der Waals surface area (Å²) in [4.78, 5) is 27.4. The van der Waals surface area contributed by atoms with Crippen molar-refractivity contribution in [3.05, 3.63) is 68.6 Å². The number of aryl methyl sites for hydroxylation is 2. The molecule has 4 rings (SSSR count). The van der Waals surface area contributed by atoms with Crippen molar-refractivity contribution in [1.82, 2.24) is 24.4 Å². The van der Waals surface area contributed by atoms with E-state index in [4.69, 9.17) is 0 Å². The number of halogens is 1. The molecule has 0 saturated heterocycles. The minimum Gasteiger partial charge on any atom is -0.320 e. The maximum atomic E-state index is 12.7.